The molecule has 0 radical (unpaired) electrons. The number of Topliss-reactive ketones (excluding diaryl/α,β-unsaturated/α-hetero) is 1. The number of nitrogens with zero attached hydrogens (tertiary/aromatic N) is 2. The number of hydrogen-bond donors (Lipinski definition) is 1. The summed E-state index contributed by atoms with van der Waals surface area (Å²) in [6.45, 7) is 6.99. The number of likely N-dealkylation sites (tertiary alicyclic amines) is 1. The number of piperidine rings is 1. The molecule has 3 heterocycles. The lowest BCUT2D eigenvalue weighted by atomic mass is 9.97. The Hall–Kier alpha value is -2.70. The first-order valence-corrected chi connectivity index (χ1v) is 13.1. The summed E-state index contributed by atoms with van der Waals surface area (Å²) < 4.78 is 5.57. The van der Waals surface area contributed by atoms with Crippen LogP contribution in [0.15, 0.2) is 24.3 Å². The van der Waals surface area contributed by atoms with Crippen molar-refractivity contribution in [1.29, 1.82) is 5.26 Å². The van der Waals surface area contributed by atoms with Gasteiger partial charge in [-0.2, -0.15) is 5.26 Å². The molecule has 7 nitrogen and oxygen atoms in total. The molecule has 180 valence electrons. The average molecular weight is 500 g/mol. The van der Waals surface area contributed by atoms with E-state index in [0.29, 0.717) is 11.3 Å². The summed E-state index contributed by atoms with van der Waals surface area (Å²) in [7, 11) is 0. The minimum atomic E-state index is -0.699. The van der Waals surface area contributed by atoms with E-state index in [1.54, 1.807) is 23.2 Å². The molecule has 34 heavy (non-hydrogen) atoms. The summed E-state index contributed by atoms with van der Waals surface area (Å²) in [6.07, 6.45) is 2.49. The first kappa shape index (κ1) is 24.4. The normalized spacial score (nSPS) is 22.3. The fraction of sp³-hybridized carbons (Fsp3) is 0.520. The van der Waals surface area contributed by atoms with Crippen molar-refractivity contribution in [2.45, 2.75) is 77.1 Å². The van der Waals surface area contributed by atoms with E-state index in [-0.39, 0.29) is 23.7 Å². The van der Waals surface area contributed by atoms with Crippen LogP contribution in [0.25, 0.3) is 9.75 Å². The van der Waals surface area contributed by atoms with Crippen LogP contribution in [0.4, 0.5) is 4.79 Å². The van der Waals surface area contributed by atoms with Crippen molar-refractivity contribution in [1.82, 2.24) is 10.2 Å². The molecule has 1 aliphatic carbocycles. The van der Waals surface area contributed by atoms with Crippen LogP contribution in [0.5, 0.6) is 0 Å². The smallest absolute Gasteiger partial charge is 0.411 e. The molecule has 9 heteroatoms. The van der Waals surface area contributed by atoms with Crippen molar-refractivity contribution in [2.24, 2.45) is 5.92 Å². The third kappa shape index (κ3) is 5.18. The number of ketones is 1. The average Bonchev–Trinajstić information content (AvgIpc) is 3.54. The Labute approximate surface area is 207 Å². The van der Waals surface area contributed by atoms with Crippen LogP contribution in [0.3, 0.4) is 0 Å². The molecule has 2 aromatic rings. The summed E-state index contributed by atoms with van der Waals surface area (Å²) in [6, 6.07) is 8.60. The summed E-state index contributed by atoms with van der Waals surface area (Å²) in [5.74, 6) is -0.147. The van der Waals surface area contributed by atoms with Gasteiger partial charge in [0.15, 0.2) is 5.78 Å². The van der Waals surface area contributed by atoms with Crippen LogP contribution < -0.4 is 5.32 Å². The number of carbonyl (C=O) groups is 3. The minimum Gasteiger partial charge on any atom is -0.444 e. The van der Waals surface area contributed by atoms with Crippen molar-refractivity contribution >= 4 is 40.5 Å². The molecule has 4 atom stereocenters. The quantitative estimate of drug-likeness (QED) is 0.563. The first-order valence-electron chi connectivity index (χ1n) is 11.5. The van der Waals surface area contributed by atoms with Gasteiger partial charge >= 0.3 is 6.09 Å². The van der Waals surface area contributed by atoms with Crippen molar-refractivity contribution < 1.29 is 19.1 Å². The van der Waals surface area contributed by atoms with E-state index in [1.807, 2.05) is 45.0 Å². The van der Waals surface area contributed by atoms with Gasteiger partial charge in [-0.25, -0.2) is 4.79 Å². The number of ether oxygens (including phenoxy) is 1. The lowest BCUT2D eigenvalue weighted by Gasteiger charge is -2.35. The second-order valence-electron chi connectivity index (χ2n) is 9.94. The predicted molar refractivity (Wildman–Crippen MR) is 132 cm³/mol. The van der Waals surface area contributed by atoms with E-state index in [9.17, 15) is 19.6 Å². The summed E-state index contributed by atoms with van der Waals surface area (Å²) in [5.41, 5.74) is -0.639. The van der Waals surface area contributed by atoms with Gasteiger partial charge in [-0.3, -0.25) is 14.5 Å². The SMILES string of the molecule is CC(=O)c1ccc(-c2ccc(C[C@@H](C#N)NC(=O)[C@@H]3[C@H]4CC[C@H](C4)N3C(=O)OC(C)(C)C)s2)s1. The van der Waals surface area contributed by atoms with E-state index in [4.69, 9.17) is 4.74 Å². The minimum absolute atomic E-state index is 0.0154. The van der Waals surface area contributed by atoms with Gasteiger partial charge in [0.05, 0.1) is 10.9 Å². The van der Waals surface area contributed by atoms with Gasteiger partial charge < -0.3 is 10.1 Å². The summed E-state index contributed by atoms with van der Waals surface area (Å²) in [4.78, 5) is 43.0. The van der Waals surface area contributed by atoms with E-state index in [0.717, 1.165) is 33.9 Å². The van der Waals surface area contributed by atoms with Crippen LogP contribution in [0.2, 0.25) is 0 Å². The topological polar surface area (TPSA) is 99.5 Å². The Morgan fingerprint density at radius 2 is 1.88 bits per heavy atom. The van der Waals surface area contributed by atoms with E-state index < -0.39 is 23.8 Å². The molecule has 0 aromatic carbocycles. The number of nitrogens with one attached hydrogen (secondary N) is 1. The Morgan fingerprint density at radius 1 is 1.18 bits per heavy atom. The van der Waals surface area contributed by atoms with Crippen molar-refractivity contribution in [3.05, 3.63) is 34.0 Å². The molecule has 2 aromatic heterocycles. The van der Waals surface area contributed by atoms with Crippen LogP contribution in [0, 0.1) is 17.2 Å². The molecule has 1 saturated carbocycles. The first-order chi connectivity index (χ1) is 16.1. The zero-order valence-corrected chi connectivity index (χ0v) is 21.4. The maximum absolute atomic E-state index is 13.2. The number of hydrogen-bond acceptors (Lipinski definition) is 7. The van der Waals surface area contributed by atoms with Gasteiger partial charge in [-0.15, -0.1) is 22.7 Å². The Bertz CT molecular complexity index is 1140. The highest BCUT2D eigenvalue weighted by atomic mass is 32.1. The van der Waals surface area contributed by atoms with Gasteiger partial charge in [-0.05, 0) is 77.1 Å². The van der Waals surface area contributed by atoms with Gasteiger partial charge in [0.2, 0.25) is 5.91 Å². The number of rotatable bonds is 6. The van der Waals surface area contributed by atoms with E-state index in [1.165, 1.54) is 11.3 Å². The molecular formula is C25H29N3O4S2. The summed E-state index contributed by atoms with van der Waals surface area (Å²) >= 11 is 3.00. The molecule has 1 N–H and O–H groups in total. The second kappa shape index (κ2) is 9.51. The van der Waals surface area contributed by atoms with Crippen molar-refractivity contribution in [3.8, 4) is 15.8 Å². The van der Waals surface area contributed by atoms with E-state index >= 15 is 0 Å². The molecule has 0 spiro atoms. The number of fused-ring (bicyclic) bond motifs is 2. The zero-order valence-electron chi connectivity index (χ0n) is 19.8. The fourth-order valence-electron chi connectivity index (χ4n) is 4.77. The highest BCUT2D eigenvalue weighted by Crippen LogP contribution is 2.43. The molecule has 2 fully saturated rings. The van der Waals surface area contributed by atoms with Crippen molar-refractivity contribution in [3.63, 3.8) is 0 Å². The Balaban J connectivity index is 1.42. The highest BCUT2D eigenvalue weighted by molar-refractivity contribution is 7.23. The van der Waals surface area contributed by atoms with Gasteiger partial charge in [0.1, 0.15) is 17.7 Å². The standard InChI is InChI=1S/C25H29N3O4S2/c1-14(29)19-9-10-21(34-19)20-8-7-18(33-20)12-16(13-26)27-23(30)22-15-5-6-17(11-15)28(22)24(31)32-25(2,3)4/h7-10,15-17,22H,5-6,11-12H2,1-4H3,(H,27,30)/t15-,16-,17+,22-/m0/s1. The number of carbonyl (C=O) groups excluding carboxylic acids is 3. The molecule has 1 saturated heterocycles. The van der Waals surface area contributed by atoms with Crippen LogP contribution in [-0.2, 0) is 16.0 Å². The fourth-order valence-corrected chi connectivity index (χ4v) is 6.81. The lowest BCUT2D eigenvalue weighted by Crippen LogP contribution is -2.55. The molecule has 1 aliphatic heterocycles. The molecule has 4 rings (SSSR count). The van der Waals surface area contributed by atoms with Crippen LogP contribution >= 0.6 is 22.7 Å². The number of amides is 2. The number of nitriles is 1. The molecular weight excluding hydrogens is 470 g/mol. The van der Waals surface area contributed by atoms with Crippen LogP contribution in [0.1, 0.15) is 61.5 Å². The highest BCUT2D eigenvalue weighted by Gasteiger charge is 2.52. The third-order valence-corrected chi connectivity index (χ3v) is 8.68. The Kier molecular flexibility index (Phi) is 6.83. The third-order valence-electron chi connectivity index (χ3n) is 6.19. The van der Waals surface area contributed by atoms with Crippen molar-refractivity contribution in [2.75, 3.05) is 0 Å². The summed E-state index contributed by atoms with van der Waals surface area (Å²) in [5, 5.41) is 12.6. The number of thiophene rings is 2. The predicted octanol–water partition coefficient (Wildman–Crippen LogP) is 5.02. The largest absolute Gasteiger partial charge is 0.444 e. The molecule has 0 unspecified atom stereocenters. The maximum atomic E-state index is 13.2. The second-order valence-corrected chi connectivity index (χ2v) is 12.2. The Morgan fingerprint density at radius 3 is 2.53 bits per heavy atom. The monoisotopic (exact) mass is 499 g/mol. The molecule has 2 amide bonds. The lowest BCUT2D eigenvalue weighted by molar-refractivity contribution is -0.128. The van der Waals surface area contributed by atoms with E-state index in [2.05, 4.69) is 11.4 Å². The molecule has 2 bridgehead atoms. The van der Waals surface area contributed by atoms with Gasteiger partial charge in [0.25, 0.3) is 0 Å². The van der Waals surface area contributed by atoms with Crippen LogP contribution in [-0.4, -0.2) is 46.4 Å². The molecule has 2 aliphatic rings. The maximum Gasteiger partial charge on any atom is 0.411 e. The zero-order chi connectivity index (χ0) is 24.6. The van der Waals surface area contributed by atoms with Gasteiger partial charge in [0, 0.05) is 27.1 Å². The van der Waals surface area contributed by atoms with Gasteiger partial charge in [-0.1, -0.05) is 0 Å².